The first kappa shape index (κ1) is 16.9. The molecular weight excluding hydrogens is 348 g/mol. The number of nitrogens with one attached hydrogen (secondary N) is 1. The third-order valence-electron chi connectivity index (χ3n) is 3.71. The Morgan fingerprint density at radius 3 is 2.58 bits per heavy atom. The van der Waals surface area contributed by atoms with Crippen LogP contribution in [0.25, 0.3) is 11.1 Å². The van der Waals surface area contributed by atoms with Gasteiger partial charge in [0.25, 0.3) is 0 Å². The van der Waals surface area contributed by atoms with E-state index in [2.05, 4.69) is 5.32 Å². The van der Waals surface area contributed by atoms with E-state index in [-0.39, 0.29) is 28.8 Å². The molecule has 0 amide bonds. The molecule has 0 aromatic heterocycles. The lowest BCUT2D eigenvalue weighted by molar-refractivity contribution is -0.137. The van der Waals surface area contributed by atoms with Crippen LogP contribution in [-0.2, 0) is 6.18 Å². The van der Waals surface area contributed by atoms with Crippen molar-refractivity contribution < 1.29 is 22.3 Å². The van der Waals surface area contributed by atoms with Gasteiger partial charge in [0.2, 0.25) is 0 Å². The highest BCUT2D eigenvalue weighted by atomic mass is 35.5. The Hall–Kier alpha value is -1.99. The van der Waals surface area contributed by atoms with Gasteiger partial charge in [-0.2, -0.15) is 13.2 Å². The molecule has 1 atom stereocenters. The zero-order valence-electron chi connectivity index (χ0n) is 12.3. The number of nitrogens with two attached hydrogens (primary N) is 1. The molecule has 2 aromatic carbocycles. The molecule has 0 saturated heterocycles. The molecule has 128 valence electrons. The van der Waals surface area contributed by atoms with Crippen LogP contribution in [0.4, 0.5) is 23.2 Å². The number of halogens is 5. The third kappa shape index (κ3) is 3.14. The predicted octanol–water partition coefficient (Wildman–Crippen LogP) is 4.30. The van der Waals surface area contributed by atoms with Gasteiger partial charge in [-0.3, -0.25) is 0 Å². The minimum atomic E-state index is -4.51. The molecule has 0 bridgehead atoms. The number of ether oxygens (including phenoxy) is 1. The second-order valence-electron chi connectivity index (χ2n) is 5.38. The van der Waals surface area contributed by atoms with Gasteiger partial charge in [-0.05, 0) is 18.2 Å². The van der Waals surface area contributed by atoms with Crippen molar-refractivity contribution in [1.82, 2.24) is 0 Å². The largest absolute Gasteiger partial charge is 0.484 e. The fourth-order valence-corrected chi connectivity index (χ4v) is 2.81. The Morgan fingerprint density at radius 1 is 1.21 bits per heavy atom. The number of hydrogen-bond acceptors (Lipinski definition) is 3. The molecule has 1 aliphatic rings. The van der Waals surface area contributed by atoms with Crippen LogP contribution in [0.1, 0.15) is 5.56 Å². The quantitative estimate of drug-likeness (QED) is 0.785. The maximum absolute atomic E-state index is 13.9. The van der Waals surface area contributed by atoms with E-state index in [1.165, 1.54) is 18.2 Å². The number of rotatable bonds is 2. The van der Waals surface area contributed by atoms with Gasteiger partial charge in [-0.25, -0.2) is 4.39 Å². The summed E-state index contributed by atoms with van der Waals surface area (Å²) in [5.74, 6) is -0.234. The molecule has 3 N–H and O–H groups in total. The van der Waals surface area contributed by atoms with Crippen LogP contribution in [-0.4, -0.2) is 19.2 Å². The summed E-state index contributed by atoms with van der Waals surface area (Å²) in [6.07, 6.45) is -4.83. The lowest BCUT2D eigenvalue weighted by Gasteiger charge is -2.28. The van der Waals surface area contributed by atoms with Gasteiger partial charge < -0.3 is 15.8 Å². The molecule has 0 unspecified atom stereocenters. The van der Waals surface area contributed by atoms with Crippen molar-refractivity contribution in [3.63, 3.8) is 0 Å². The van der Waals surface area contributed by atoms with Crippen LogP contribution in [0.5, 0.6) is 5.75 Å². The number of anilines is 1. The van der Waals surface area contributed by atoms with Gasteiger partial charge in [-0.15, -0.1) is 0 Å². The van der Waals surface area contributed by atoms with Gasteiger partial charge in [0, 0.05) is 28.8 Å². The average molecular weight is 361 g/mol. The fourth-order valence-electron chi connectivity index (χ4n) is 2.53. The third-order valence-corrected chi connectivity index (χ3v) is 4.02. The fraction of sp³-hybridized carbons (Fsp3) is 0.250. The van der Waals surface area contributed by atoms with Gasteiger partial charge in [0.05, 0.1) is 17.8 Å². The van der Waals surface area contributed by atoms with Crippen LogP contribution in [0.15, 0.2) is 30.3 Å². The van der Waals surface area contributed by atoms with Gasteiger partial charge >= 0.3 is 6.18 Å². The van der Waals surface area contributed by atoms with E-state index in [4.69, 9.17) is 22.1 Å². The molecule has 0 radical (unpaired) electrons. The van der Waals surface area contributed by atoms with Gasteiger partial charge in [0.1, 0.15) is 11.9 Å². The number of fused-ring (bicyclic) bond motifs is 1. The summed E-state index contributed by atoms with van der Waals surface area (Å²) in [6.45, 7) is 0.650. The van der Waals surface area contributed by atoms with Crippen molar-refractivity contribution in [3.8, 4) is 16.9 Å². The van der Waals surface area contributed by atoms with E-state index < -0.39 is 17.6 Å². The summed E-state index contributed by atoms with van der Waals surface area (Å²) >= 11 is 6.01. The van der Waals surface area contributed by atoms with Crippen molar-refractivity contribution in [3.05, 3.63) is 46.7 Å². The van der Waals surface area contributed by atoms with Crippen molar-refractivity contribution >= 4 is 17.3 Å². The first-order valence-corrected chi connectivity index (χ1v) is 7.48. The SMILES string of the molecule is NC[C@H]1CNc2cc(F)cc(-c3ccc(C(F)(F)F)cc3Cl)c2O1. The zero-order chi connectivity index (χ0) is 17.5. The van der Waals surface area contributed by atoms with E-state index in [0.717, 1.165) is 12.1 Å². The van der Waals surface area contributed by atoms with E-state index in [1.54, 1.807) is 0 Å². The monoisotopic (exact) mass is 360 g/mol. The zero-order valence-corrected chi connectivity index (χ0v) is 13.0. The highest BCUT2D eigenvalue weighted by molar-refractivity contribution is 6.33. The summed E-state index contributed by atoms with van der Waals surface area (Å²) < 4.78 is 57.9. The normalized spacial score (nSPS) is 17.0. The van der Waals surface area contributed by atoms with Crippen LogP contribution < -0.4 is 15.8 Å². The summed E-state index contributed by atoms with van der Waals surface area (Å²) in [7, 11) is 0. The topological polar surface area (TPSA) is 47.3 Å². The molecule has 1 aliphatic heterocycles. The Kier molecular flexibility index (Phi) is 4.31. The van der Waals surface area contributed by atoms with Crippen LogP contribution in [0, 0.1) is 5.82 Å². The number of benzene rings is 2. The molecule has 8 heteroatoms. The molecule has 1 heterocycles. The van der Waals surface area contributed by atoms with E-state index in [9.17, 15) is 17.6 Å². The van der Waals surface area contributed by atoms with Crippen molar-refractivity contribution in [2.75, 3.05) is 18.4 Å². The minimum Gasteiger partial charge on any atom is -0.484 e. The van der Waals surface area contributed by atoms with E-state index in [1.807, 2.05) is 0 Å². The maximum atomic E-state index is 13.9. The van der Waals surface area contributed by atoms with Crippen LogP contribution >= 0.6 is 11.6 Å². The molecule has 0 saturated carbocycles. The van der Waals surface area contributed by atoms with Crippen LogP contribution in [0.3, 0.4) is 0 Å². The first-order valence-electron chi connectivity index (χ1n) is 7.11. The Morgan fingerprint density at radius 2 is 1.96 bits per heavy atom. The van der Waals surface area contributed by atoms with E-state index >= 15 is 0 Å². The lowest BCUT2D eigenvalue weighted by Crippen LogP contribution is -2.37. The van der Waals surface area contributed by atoms with Gasteiger partial charge in [-0.1, -0.05) is 17.7 Å². The van der Waals surface area contributed by atoms with Crippen molar-refractivity contribution in [2.45, 2.75) is 12.3 Å². The molecule has 0 aliphatic carbocycles. The second-order valence-corrected chi connectivity index (χ2v) is 5.79. The highest BCUT2D eigenvalue weighted by Crippen LogP contribution is 2.43. The molecule has 0 fully saturated rings. The standard InChI is InChI=1S/C16H13ClF4N2O/c17-13-3-8(16(19,20)21)1-2-11(13)12-4-9(18)5-14-15(12)24-10(6-22)7-23-14/h1-5,10,23H,6-7,22H2/t10-/m0/s1. The molecule has 2 aromatic rings. The summed E-state index contributed by atoms with van der Waals surface area (Å²) in [5, 5.41) is 2.86. The van der Waals surface area contributed by atoms with Crippen molar-refractivity contribution in [1.29, 1.82) is 0 Å². The summed E-state index contributed by atoms with van der Waals surface area (Å²) in [5.41, 5.74) is 5.64. The number of alkyl halides is 3. The number of hydrogen-bond donors (Lipinski definition) is 2. The Balaban J connectivity index is 2.12. The van der Waals surface area contributed by atoms with Crippen LogP contribution in [0.2, 0.25) is 5.02 Å². The first-order chi connectivity index (χ1) is 11.3. The Labute approximate surface area is 140 Å². The molecular formula is C16H13ClF4N2O. The maximum Gasteiger partial charge on any atom is 0.416 e. The summed E-state index contributed by atoms with van der Waals surface area (Å²) in [6, 6.07) is 5.34. The average Bonchev–Trinajstić information content (AvgIpc) is 2.52. The van der Waals surface area contributed by atoms with Gasteiger partial charge in [0.15, 0.2) is 5.75 Å². The lowest BCUT2D eigenvalue weighted by atomic mass is 10.0. The molecule has 0 spiro atoms. The van der Waals surface area contributed by atoms with Crippen molar-refractivity contribution in [2.24, 2.45) is 5.73 Å². The predicted molar refractivity (Wildman–Crippen MR) is 83.8 cm³/mol. The molecule has 3 nitrogen and oxygen atoms in total. The summed E-state index contributed by atoms with van der Waals surface area (Å²) in [4.78, 5) is 0. The van der Waals surface area contributed by atoms with E-state index in [0.29, 0.717) is 18.0 Å². The highest BCUT2D eigenvalue weighted by Gasteiger charge is 2.31. The molecule has 3 rings (SSSR count). The molecule has 24 heavy (non-hydrogen) atoms. The Bertz CT molecular complexity index is 779. The minimum absolute atomic E-state index is 0.143. The smallest absolute Gasteiger partial charge is 0.416 e. The second kappa shape index (κ2) is 6.14.